The molecule has 0 aliphatic carbocycles. The number of thioether (sulfide) groups is 1. The van der Waals surface area contributed by atoms with Crippen LogP contribution in [-0.4, -0.2) is 35.1 Å². The smallest absolute Gasteiger partial charge is 0.287 e. The molecule has 0 aliphatic rings. The van der Waals surface area contributed by atoms with E-state index in [4.69, 9.17) is 0 Å². The molecule has 0 aromatic carbocycles. The van der Waals surface area contributed by atoms with E-state index in [1.165, 1.54) is 6.92 Å². The molecule has 0 bridgehead atoms. The summed E-state index contributed by atoms with van der Waals surface area (Å²) in [6.45, 7) is 1.46. The molecular formula is C10H12F8OS. The Morgan fingerprint density at radius 2 is 1.60 bits per heavy atom. The molecule has 0 amide bonds. The Labute approximate surface area is 114 Å². The first kappa shape index (κ1) is 19.5. The molecule has 0 saturated carbocycles. The van der Waals surface area contributed by atoms with Gasteiger partial charge in [-0.15, -0.1) is 0 Å². The summed E-state index contributed by atoms with van der Waals surface area (Å²) in [5, 5.41) is -0.453. The standard InChI is InChI=1S/C10H12F8OS/c1-2-6(19)20-4-3-8(12,13)5-9(14,15)7(11)10(16,17)18/h7H,2-5H2,1H3. The van der Waals surface area contributed by atoms with Gasteiger partial charge in [0.1, 0.15) is 0 Å². The third-order valence-corrected chi connectivity index (χ3v) is 3.19. The van der Waals surface area contributed by atoms with Crippen LogP contribution in [0.25, 0.3) is 0 Å². The second kappa shape index (κ2) is 6.95. The summed E-state index contributed by atoms with van der Waals surface area (Å²) >= 11 is 0.463. The fourth-order valence-electron chi connectivity index (χ4n) is 1.18. The maximum atomic E-state index is 13.1. The van der Waals surface area contributed by atoms with Gasteiger partial charge in [0.2, 0.25) is 0 Å². The van der Waals surface area contributed by atoms with Gasteiger partial charge < -0.3 is 0 Å². The zero-order chi connectivity index (χ0) is 16.2. The zero-order valence-corrected chi connectivity index (χ0v) is 11.1. The topological polar surface area (TPSA) is 17.1 Å². The number of hydrogen-bond donors (Lipinski definition) is 0. The van der Waals surface area contributed by atoms with E-state index in [2.05, 4.69) is 0 Å². The predicted molar refractivity (Wildman–Crippen MR) is 57.8 cm³/mol. The molecule has 0 radical (unpaired) electrons. The van der Waals surface area contributed by atoms with Crippen molar-refractivity contribution in [2.75, 3.05) is 5.75 Å². The van der Waals surface area contributed by atoms with Crippen LogP contribution in [0, 0.1) is 0 Å². The van der Waals surface area contributed by atoms with Crippen LogP contribution in [0.3, 0.4) is 0 Å². The van der Waals surface area contributed by atoms with Crippen LogP contribution >= 0.6 is 11.8 Å². The Balaban J connectivity index is 4.54. The molecule has 0 rings (SSSR count). The summed E-state index contributed by atoms with van der Waals surface area (Å²) in [5.74, 6) is -9.94. The van der Waals surface area contributed by atoms with Crippen molar-refractivity contribution >= 4 is 16.9 Å². The molecule has 0 fully saturated rings. The Bertz CT molecular complexity index is 328. The molecule has 0 aromatic rings. The number of alkyl halides is 8. The average molecular weight is 332 g/mol. The lowest BCUT2D eigenvalue weighted by Gasteiger charge is -2.26. The molecular weight excluding hydrogens is 320 g/mol. The fraction of sp³-hybridized carbons (Fsp3) is 0.900. The number of hydrogen-bond acceptors (Lipinski definition) is 2. The number of carbonyl (C=O) groups is 1. The van der Waals surface area contributed by atoms with Gasteiger partial charge in [-0.1, -0.05) is 18.7 Å². The van der Waals surface area contributed by atoms with E-state index in [0.717, 1.165) is 0 Å². The summed E-state index contributed by atoms with van der Waals surface area (Å²) in [7, 11) is 0. The minimum atomic E-state index is -5.91. The van der Waals surface area contributed by atoms with Gasteiger partial charge >= 0.3 is 6.18 Å². The number of rotatable bonds is 7. The van der Waals surface area contributed by atoms with Gasteiger partial charge in [-0.3, -0.25) is 4.79 Å². The Morgan fingerprint density at radius 1 is 1.10 bits per heavy atom. The predicted octanol–water partition coefficient (Wildman–Crippen LogP) is 4.61. The van der Waals surface area contributed by atoms with E-state index in [-0.39, 0.29) is 6.42 Å². The van der Waals surface area contributed by atoms with E-state index >= 15 is 0 Å². The summed E-state index contributed by atoms with van der Waals surface area (Å²) in [5.41, 5.74) is 0. The van der Waals surface area contributed by atoms with E-state index in [1.54, 1.807) is 0 Å². The lowest BCUT2D eigenvalue weighted by atomic mass is 10.0. The molecule has 0 aliphatic heterocycles. The van der Waals surface area contributed by atoms with Crippen LogP contribution in [-0.2, 0) is 4.79 Å². The molecule has 0 spiro atoms. The van der Waals surface area contributed by atoms with Crippen LogP contribution in [0.1, 0.15) is 26.2 Å². The highest BCUT2D eigenvalue weighted by molar-refractivity contribution is 8.13. The summed E-state index contributed by atoms with van der Waals surface area (Å²) < 4.78 is 99.6. The quantitative estimate of drug-likeness (QED) is 0.634. The van der Waals surface area contributed by atoms with Crippen LogP contribution in [0.15, 0.2) is 0 Å². The minimum absolute atomic E-state index is 0.0486. The van der Waals surface area contributed by atoms with Gasteiger partial charge in [0.15, 0.2) is 5.12 Å². The number of halogens is 8. The van der Waals surface area contributed by atoms with Gasteiger partial charge in [-0.2, -0.15) is 13.2 Å². The maximum Gasteiger partial charge on any atom is 0.425 e. The number of carbonyl (C=O) groups excluding carboxylic acids is 1. The van der Waals surface area contributed by atoms with Crippen molar-refractivity contribution in [2.24, 2.45) is 0 Å². The summed E-state index contributed by atoms with van der Waals surface area (Å²) in [6, 6.07) is 0. The fourth-order valence-corrected chi connectivity index (χ4v) is 2.01. The summed E-state index contributed by atoms with van der Waals surface area (Å²) in [4.78, 5) is 10.8. The van der Waals surface area contributed by atoms with E-state index in [9.17, 15) is 39.9 Å². The molecule has 1 unspecified atom stereocenters. The lowest BCUT2D eigenvalue weighted by Crippen LogP contribution is -2.45. The van der Waals surface area contributed by atoms with E-state index < -0.39 is 47.9 Å². The highest BCUT2D eigenvalue weighted by atomic mass is 32.2. The van der Waals surface area contributed by atoms with Gasteiger partial charge in [0.25, 0.3) is 18.0 Å². The normalized spacial score (nSPS) is 15.2. The molecule has 10 heteroatoms. The molecule has 0 heterocycles. The van der Waals surface area contributed by atoms with Crippen molar-refractivity contribution in [3.05, 3.63) is 0 Å². The highest BCUT2D eigenvalue weighted by Gasteiger charge is 2.59. The van der Waals surface area contributed by atoms with Crippen LogP contribution in [0.5, 0.6) is 0 Å². The van der Waals surface area contributed by atoms with Crippen molar-refractivity contribution in [2.45, 2.75) is 50.4 Å². The largest absolute Gasteiger partial charge is 0.425 e. The van der Waals surface area contributed by atoms with Crippen LogP contribution in [0.2, 0.25) is 0 Å². The average Bonchev–Trinajstić information content (AvgIpc) is 2.24. The molecule has 0 aromatic heterocycles. The molecule has 0 N–H and O–H groups in total. The first-order chi connectivity index (χ1) is 8.82. The Hall–Kier alpha value is -0.540. The second-order valence-electron chi connectivity index (χ2n) is 4.02. The molecule has 120 valence electrons. The second-order valence-corrected chi connectivity index (χ2v) is 5.17. The van der Waals surface area contributed by atoms with Crippen molar-refractivity contribution in [3.8, 4) is 0 Å². The van der Waals surface area contributed by atoms with Gasteiger partial charge in [-0.25, -0.2) is 22.0 Å². The first-order valence-electron chi connectivity index (χ1n) is 5.44. The van der Waals surface area contributed by atoms with Crippen molar-refractivity contribution in [1.82, 2.24) is 0 Å². The Morgan fingerprint density at radius 3 is 2.00 bits per heavy atom. The van der Waals surface area contributed by atoms with Gasteiger partial charge in [0.05, 0.1) is 6.42 Å². The monoisotopic (exact) mass is 332 g/mol. The van der Waals surface area contributed by atoms with E-state index in [0.29, 0.717) is 11.8 Å². The molecule has 1 atom stereocenters. The van der Waals surface area contributed by atoms with Gasteiger partial charge in [0, 0.05) is 18.6 Å². The molecule has 1 nitrogen and oxygen atoms in total. The summed E-state index contributed by atoms with van der Waals surface area (Å²) in [6.07, 6.45) is -14.3. The van der Waals surface area contributed by atoms with Crippen molar-refractivity contribution in [3.63, 3.8) is 0 Å². The van der Waals surface area contributed by atoms with Crippen molar-refractivity contribution < 1.29 is 39.9 Å². The van der Waals surface area contributed by atoms with Crippen LogP contribution < -0.4 is 0 Å². The maximum absolute atomic E-state index is 13.1. The molecule has 20 heavy (non-hydrogen) atoms. The third kappa shape index (κ3) is 6.76. The van der Waals surface area contributed by atoms with Crippen molar-refractivity contribution in [1.29, 1.82) is 0 Å². The zero-order valence-electron chi connectivity index (χ0n) is 10.2. The third-order valence-electron chi connectivity index (χ3n) is 2.17. The Kier molecular flexibility index (Phi) is 6.76. The SMILES string of the molecule is CCC(=O)SCCC(F)(F)CC(F)(F)C(F)C(F)(F)F. The highest BCUT2D eigenvalue weighted by Crippen LogP contribution is 2.42. The minimum Gasteiger partial charge on any atom is -0.287 e. The van der Waals surface area contributed by atoms with Crippen LogP contribution in [0.4, 0.5) is 35.1 Å². The molecule has 0 saturated heterocycles. The van der Waals surface area contributed by atoms with Gasteiger partial charge in [-0.05, 0) is 0 Å². The first-order valence-corrected chi connectivity index (χ1v) is 6.42. The van der Waals surface area contributed by atoms with E-state index in [1.807, 2.05) is 0 Å². The lowest BCUT2D eigenvalue weighted by molar-refractivity contribution is -0.258.